The Morgan fingerprint density at radius 1 is 1.09 bits per heavy atom. The van der Waals surface area contributed by atoms with Gasteiger partial charge in [0.05, 0.1) is 6.54 Å². The number of carbonyl (C=O) groups excluding carboxylic acids is 2. The minimum Gasteiger partial charge on any atom is -0.480 e. The average molecular weight is 435 g/mol. The van der Waals surface area contributed by atoms with Gasteiger partial charge >= 0.3 is 12.1 Å². The van der Waals surface area contributed by atoms with Crippen LogP contribution in [0.5, 0.6) is 0 Å². The molecule has 1 unspecified atom stereocenters. The number of hydrogen-bond donors (Lipinski definition) is 3. The van der Waals surface area contributed by atoms with Gasteiger partial charge in [-0.15, -0.1) is 0 Å². The first-order chi connectivity index (χ1) is 15.5. The second kappa shape index (κ2) is 8.93. The summed E-state index contributed by atoms with van der Waals surface area (Å²) >= 11 is 0. The zero-order chi connectivity index (χ0) is 22.7. The lowest BCUT2D eigenvalue weighted by Crippen LogP contribution is -2.39. The molecule has 1 aliphatic rings. The van der Waals surface area contributed by atoms with Gasteiger partial charge in [0, 0.05) is 5.92 Å². The van der Waals surface area contributed by atoms with E-state index in [0.29, 0.717) is 0 Å². The molecule has 9 nitrogen and oxygen atoms in total. The number of hydrogen-bond acceptors (Lipinski definition) is 6. The van der Waals surface area contributed by atoms with E-state index < -0.39 is 24.0 Å². The van der Waals surface area contributed by atoms with E-state index in [1.54, 1.807) is 0 Å². The predicted octanol–water partition coefficient (Wildman–Crippen LogP) is 2.92. The molecule has 1 aliphatic carbocycles. The van der Waals surface area contributed by atoms with Gasteiger partial charge in [0.1, 0.15) is 12.6 Å². The SMILES string of the molecule is CC(NC(=O)c1ncoc1CNC(=O)OCC1c2ccccc2-c2ccccc21)C(=O)O. The van der Waals surface area contributed by atoms with Crippen LogP contribution in [0.15, 0.2) is 59.3 Å². The number of oxazole rings is 1. The van der Waals surface area contributed by atoms with Crippen LogP contribution in [-0.4, -0.2) is 40.7 Å². The quantitative estimate of drug-likeness (QED) is 0.520. The highest BCUT2D eigenvalue weighted by Crippen LogP contribution is 2.44. The zero-order valence-corrected chi connectivity index (χ0v) is 17.2. The first kappa shape index (κ1) is 21.1. The smallest absolute Gasteiger partial charge is 0.407 e. The third-order valence-electron chi connectivity index (χ3n) is 5.31. The Balaban J connectivity index is 1.36. The first-order valence-electron chi connectivity index (χ1n) is 10.0. The highest BCUT2D eigenvalue weighted by molar-refractivity contribution is 5.95. The highest BCUT2D eigenvalue weighted by atomic mass is 16.5. The zero-order valence-electron chi connectivity index (χ0n) is 17.2. The Bertz CT molecular complexity index is 1130. The number of rotatable bonds is 7. The summed E-state index contributed by atoms with van der Waals surface area (Å²) < 4.78 is 10.6. The molecule has 0 aliphatic heterocycles. The van der Waals surface area contributed by atoms with Crippen LogP contribution in [0.3, 0.4) is 0 Å². The van der Waals surface area contributed by atoms with Crippen LogP contribution in [0.4, 0.5) is 4.79 Å². The summed E-state index contributed by atoms with van der Waals surface area (Å²) in [6.07, 6.45) is 0.378. The molecule has 164 valence electrons. The molecule has 3 N–H and O–H groups in total. The molecule has 1 aromatic heterocycles. The maximum atomic E-state index is 12.3. The normalized spacial score (nSPS) is 13.0. The van der Waals surface area contributed by atoms with Crippen LogP contribution in [0.2, 0.25) is 0 Å². The number of nitrogens with one attached hydrogen (secondary N) is 2. The number of carbonyl (C=O) groups is 3. The topological polar surface area (TPSA) is 131 Å². The lowest BCUT2D eigenvalue weighted by molar-refractivity contribution is -0.138. The monoisotopic (exact) mass is 435 g/mol. The largest absolute Gasteiger partial charge is 0.480 e. The summed E-state index contributed by atoms with van der Waals surface area (Å²) in [4.78, 5) is 39.2. The van der Waals surface area contributed by atoms with Crippen molar-refractivity contribution in [1.29, 1.82) is 0 Å². The van der Waals surface area contributed by atoms with Gasteiger partial charge in [0.2, 0.25) is 0 Å². The molecule has 0 spiro atoms. The molecule has 3 aromatic rings. The van der Waals surface area contributed by atoms with E-state index in [-0.39, 0.29) is 30.5 Å². The van der Waals surface area contributed by atoms with Gasteiger partial charge in [-0.05, 0) is 29.2 Å². The molecule has 0 fully saturated rings. The molecular formula is C23H21N3O6. The fraction of sp³-hybridized carbons (Fsp3) is 0.217. The third-order valence-corrected chi connectivity index (χ3v) is 5.31. The standard InChI is InChI=1S/C23H21N3O6/c1-13(22(28)29)26-21(27)20-19(32-12-25-20)10-24-23(30)31-11-18-16-8-4-2-6-14(16)15-7-3-5-9-17(15)18/h2-9,12-13,18H,10-11H2,1H3,(H,24,30)(H,26,27)(H,28,29). The van der Waals surface area contributed by atoms with Crippen molar-refractivity contribution in [3.05, 3.63) is 77.5 Å². The molecule has 2 aromatic carbocycles. The molecule has 0 radical (unpaired) electrons. The van der Waals surface area contributed by atoms with E-state index >= 15 is 0 Å². The van der Waals surface area contributed by atoms with Crippen molar-refractivity contribution in [1.82, 2.24) is 15.6 Å². The summed E-state index contributed by atoms with van der Waals surface area (Å²) in [6, 6.07) is 14.9. The van der Waals surface area contributed by atoms with Crippen molar-refractivity contribution in [2.75, 3.05) is 6.61 Å². The number of carboxylic acids is 1. The molecule has 0 saturated heterocycles. The van der Waals surface area contributed by atoms with Crippen LogP contribution in [0.25, 0.3) is 11.1 Å². The van der Waals surface area contributed by atoms with Crippen LogP contribution >= 0.6 is 0 Å². The summed E-state index contributed by atoms with van der Waals surface area (Å²) in [6.45, 7) is 1.34. The van der Waals surface area contributed by atoms with Crippen molar-refractivity contribution in [2.24, 2.45) is 0 Å². The number of amides is 2. The predicted molar refractivity (Wildman–Crippen MR) is 113 cm³/mol. The Labute approximate surface area is 183 Å². The first-order valence-corrected chi connectivity index (χ1v) is 10.0. The number of fused-ring (bicyclic) bond motifs is 3. The Kier molecular flexibility index (Phi) is 5.89. The van der Waals surface area contributed by atoms with Crippen LogP contribution in [0, 0.1) is 0 Å². The van der Waals surface area contributed by atoms with Crippen LogP contribution in [-0.2, 0) is 16.1 Å². The fourth-order valence-corrected chi connectivity index (χ4v) is 3.71. The number of carboxylic acid groups (broad SMARTS) is 1. The van der Waals surface area contributed by atoms with Crippen LogP contribution < -0.4 is 10.6 Å². The van der Waals surface area contributed by atoms with Gasteiger partial charge in [-0.25, -0.2) is 9.78 Å². The van der Waals surface area contributed by atoms with Gasteiger partial charge < -0.3 is 24.9 Å². The summed E-state index contributed by atoms with van der Waals surface area (Å²) in [7, 11) is 0. The summed E-state index contributed by atoms with van der Waals surface area (Å²) in [5.41, 5.74) is 4.36. The number of ether oxygens (including phenoxy) is 1. The van der Waals surface area contributed by atoms with Crippen molar-refractivity contribution in [3.8, 4) is 11.1 Å². The van der Waals surface area contributed by atoms with Gasteiger partial charge in [0.25, 0.3) is 5.91 Å². The number of benzene rings is 2. The second-order valence-electron chi connectivity index (χ2n) is 7.34. The lowest BCUT2D eigenvalue weighted by Gasteiger charge is -2.14. The molecule has 0 bridgehead atoms. The third kappa shape index (κ3) is 4.18. The molecule has 1 heterocycles. The van der Waals surface area contributed by atoms with Crippen LogP contribution in [0.1, 0.15) is 40.2 Å². The van der Waals surface area contributed by atoms with E-state index in [4.69, 9.17) is 14.3 Å². The van der Waals surface area contributed by atoms with E-state index in [1.807, 2.05) is 36.4 Å². The molecule has 4 rings (SSSR count). The number of alkyl carbamates (subject to hydrolysis) is 1. The molecule has 1 atom stereocenters. The number of aliphatic carboxylic acids is 1. The van der Waals surface area contributed by atoms with Gasteiger partial charge in [-0.3, -0.25) is 9.59 Å². The minimum atomic E-state index is -1.18. The van der Waals surface area contributed by atoms with E-state index in [2.05, 4.69) is 27.8 Å². The van der Waals surface area contributed by atoms with Crippen molar-refractivity contribution in [2.45, 2.75) is 25.4 Å². The lowest BCUT2D eigenvalue weighted by atomic mass is 9.98. The van der Waals surface area contributed by atoms with E-state index in [0.717, 1.165) is 28.6 Å². The number of aromatic nitrogens is 1. The Hall–Kier alpha value is -4.14. The van der Waals surface area contributed by atoms with Crippen molar-refractivity contribution < 1.29 is 28.6 Å². The van der Waals surface area contributed by atoms with E-state index in [9.17, 15) is 14.4 Å². The molecule has 32 heavy (non-hydrogen) atoms. The summed E-state index contributed by atoms with van der Waals surface area (Å²) in [5.74, 6) is -1.87. The fourth-order valence-electron chi connectivity index (χ4n) is 3.71. The summed E-state index contributed by atoms with van der Waals surface area (Å²) in [5, 5.41) is 13.7. The van der Waals surface area contributed by atoms with Gasteiger partial charge in [-0.1, -0.05) is 48.5 Å². The van der Waals surface area contributed by atoms with Crippen molar-refractivity contribution >= 4 is 18.0 Å². The maximum absolute atomic E-state index is 12.3. The Morgan fingerprint density at radius 3 is 2.34 bits per heavy atom. The van der Waals surface area contributed by atoms with Gasteiger partial charge in [-0.2, -0.15) is 0 Å². The average Bonchev–Trinajstić information content (AvgIpc) is 3.39. The molecule has 9 heteroatoms. The maximum Gasteiger partial charge on any atom is 0.407 e. The van der Waals surface area contributed by atoms with E-state index in [1.165, 1.54) is 6.92 Å². The number of nitrogens with zero attached hydrogens (tertiary/aromatic N) is 1. The minimum absolute atomic E-state index is 0.0720. The second-order valence-corrected chi connectivity index (χ2v) is 7.34. The highest BCUT2D eigenvalue weighted by Gasteiger charge is 2.29. The van der Waals surface area contributed by atoms with Gasteiger partial charge in [0.15, 0.2) is 17.8 Å². The molecule has 0 saturated carbocycles. The van der Waals surface area contributed by atoms with Crippen molar-refractivity contribution in [3.63, 3.8) is 0 Å². The molecule has 2 amide bonds. The Morgan fingerprint density at radius 2 is 1.72 bits per heavy atom. The molecular weight excluding hydrogens is 414 g/mol.